The maximum atomic E-state index is 12.4. The predicted octanol–water partition coefficient (Wildman–Crippen LogP) is 1.69. The molecule has 3 aromatic heterocycles. The number of morpholine rings is 1. The van der Waals surface area contributed by atoms with Gasteiger partial charge in [0.15, 0.2) is 0 Å². The number of amides is 1. The van der Waals surface area contributed by atoms with E-state index in [1.54, 1.807) is 23.3 Å². The summed E-state index contributed by atoms with van der Waals surface area (Å²) in [6.07, 6.45) is 7.36. The quantitative estimate of drug-likeness (QED) is 0.756. The van der Waals surface area contributed by atoms with Crippen LogP contribution < -0.4 is 5.32 Å². The highest BCUT2D eigenvalue weighted by Gasteiger charge is 2.19. The van der Waals surface area contributed by atoms with Gasteiger partial charge in [-0.1, -0.05) is 0 Å². The van der Waals surface area contributed by atoms with Gasteiger partial charge in [-0.25, -0.2) is 4.98 Å². The van der Waals surface area contributed by atoms with Crippen molar-refractivity contribution in [3.8, 4) is 11.3 Å². The molecule has 1 N–H and O–H groups in total. The normalized spacial score (nSPS) is 17.9. The van der Waals surface area contributed by atoms with Gasteiger partial charge in [0, 0.05) is 49.7 Å². The molecular formula is C19H22N6O2. The highest BCUT2D eigenvalue weighted by atomic mass is 16.5. The number of pyridine rings is 2. The maximum Gasteiger partial charge on any atom is 0.239 e. The van der Waals surface area contributed by atoms with E-state index < -0.39 is 0 Å². The van der Waals surface area contributed by atoms with Crippen molar-refractivity contribution in [2.45, 2.75) is 13.0 Å². The highest BCUT2D eigenvalue weighted by molar-refractivity contribution is 5.94. The van der Waals surface area contributed by atoms with Crippen molar-refractivity contribution < 1.29 is 9.53 Å². The van der Waals surface area contributed by atoms with Crippen LogP contribution in [0, 0.1) is 0 Å². The molecule has 140 valence electrons. The Morgan fingerprint density at radius 1 is 1.26 bits per heavy atom. The first kappa shape index (κ1) is 17.6. The molecule has 0 radical (unpaired) electrons. The minimum absolute atomic E-state index is 0.0718. The number of ether oxygens (including phenoxy) is 1. The first-order valence-corrected chi connectivity index (χ1v) is 8.95. The molecule has 1 atom stereocenters. The summed E-state index contributed by atoms with van der Waals surface area (Å²) in [5.74, 6) is 0.467. The van der Waals surface area contributed by atoms with Gasteiger partial charge in [-0.05, 0) is 24.4 Å². The molecule has 0 spiro atoms. The van der Waals surface area contributed by atoms with Gasteiger partial charge in [0.25, 0.3) is 0 Å². The fourth-order valence-electron chi connectivity index (χ4n) is 3.24. The Kier molecular flexibility index (Phi) is 4.83. The number of fused-ring (bicyclic) bond motifs is 1. The summed E-state index contributed by atoms with van der Waals surface area (Å²) in [6, 6.07) is 3.85. The molecule has 0 saturated carbocycles. The van der Waals surface area contributed by atoms with Crippen LogP contribution >= 0.6 is 0 Å². The zero-order valence-electron chi connectivity index (χ0n) is 15.4. The van der Waals surface area contributed by atoms with Crippen LogP contribution in [0.15, 0.2) is 36.9 Å². The Balaban J connectivity index is 1.49. The number of hydrogen-bond acceptors (Lipinski definition) is 6. The van der Waals surface area contributed by atoms with Crippen molar-refractivity contribution in [1.82, 2.24) is 24.6 Å². The van der Waals surface area contributed by atoms with E-state index in [2.05, 4.69) is 25.3 Å². The van der Waals surface area contributed by atoms with Crippen molar-refractivity contribution in [3.05, 3.63) is 36.9 Å². The third-order valence-corrected chi connectivity index (χ3v) is 4.56. The van der Waals surface area contributed by atoms with Gasteiger partial charge >= 0.3 is 0 Å². The third-order valence-electron chi connectivity index (χ3n) is 4.56. The third kappa shape index (κ3) is 4.12. The standard InChI is InChI=1S/C19H22N6O2/c1-13-10-25(3-4-27-13)12-19(26)23-18-6-14-5-17(16-9-22-24(2)11-16)20-7-15(14)8-21-18/h5-9,11,13H,3-4,10,12H2,1-2H3,(H,21,23,26). The first-order chi connectivity index (χ1) is 13.1. The predicted molar refractivity (Wildman–Crippen MR) is 102 cm³/mol. The van der Waals surface area contributed by atoms with Gasteiger partial charge in [0.05, 0.1) is 31.1 Å². The number of carbonyl (C=O) groups excluding carboxylic acids is 1. The molecule has 8 heteroatoms. The second kappa shape index (κ2) is 7.42. The lowest BCUT2D eigenvalue weighted by atomic mass is 10.1. The average molecular weight is 366 g/mol. The summed E-state index contributed by atoms with van der Waals surface area (Å²) >= 11 is 0. The number of rotatable bonds is 4. The smallest absolute Gasteiger partial charge is 0.239 e. The molecule has 4 heterocycles. The molecule has 4 rings (SSSR count). The molecule has 27 heavy (non-hydrogen) atoms. The van der Waals surface area contributed by atoms with Crippen LogP contribution in [-0.2, 0) is 16.6 Å². The van der Waals surface area contributed by atoms with Crippen LogP contribution in [-0.4, -0.2) is 62.9 Å². The van der Waals surface area contributed by atoms with E-state index in [0.717, 1.165) is 35.1 Å². The molecule has 8 nitrogen and oxygen atoms in total. The van der Waals surface area contributed by atoms with E-state index in [9.17, 15) is 4.79 Å². The van der Waals surface area contributed by atoms with Crippen LogP contribution in [0.25, 0.3) is 22.0 Å². The summed E-state index contributed by atoms with van der Waals surface area (Å²) in [6.45, 7) is 4.54. The van der Waals surface area contributed by atoms with Crippen molar-refractivity contribution in [2.24, 2.45) is 7.05 Å². The number of aromatic nitrogens is 4. The van der Waals surface area contributed by atoms with E-state index in [0.29, 0.717) is 19.0 Å². The average Bonchev–Trinajstić information content (AvgIpc) is 3.07. The SMILES string of the molecule is CC1CN(CC(=O)Nc2cc3cc(-c4cnn(C)c4)ncc3cn2)CCO1. The van der Waals surface area contributed by atoms with Gasteiger partial charge in [-0.15, -0.1) is 0 Å². The fraction of sp³-hybridized carbons (Fsp3) is 0.368. The molecule has 0 aliphatic carbocycles. The summed E-state index contributed by atoms with van der Waals surface area (Å²) in [4.78, 5) is 23.2. The van der Waals surface area contributed by atoms with E-state index in [-0.39, 0.29) is 12.0 Å². The summed E-state index contributed by atoms with van der Waals surface area (Å²) in [7, 11) is 1.87. The molecule has 0 aromatic carbocycles. The number of anilines is 1. The molecule has 0 bridgehead atoms. The number of nitrogens with one attached hydrogen (secondary N) is 1. The van der Waals surface area contributed by atoms with Gasteiger partial charge in [-0.3, -0.25) is 19.4 Å². The topological polar surface area (TPSA) is 85.2 Å². The van der Waals surface area contributed by atoms with Crippen LogP contribution in [0.4, 0.5) is 5.82 Å². The van der Waals surface area contributed by atoms with Crippen LogP contribution in [0.1, 0.15) is 6.92 Å². The molecule has 1 saturated heterocycles. The maximum absolute atomic E-state index is 12.4. The summed E-state index contributed by atoms with van der Waals surface area (Å²) in [5, 5.41) is 8.96. The molecule has 1 amide bonds. The molecule has 3 aromatic rings. The monoisotopic (exact) mass is 366 g/mol. The largest absolute Gasteiger partial charge is 0.376 e. The first-order valence-electron chi connectivity index (χ1n) is 8.95. The van der Waals surface area contributed by atoms with Crippen LogP contribution in [0.2, 0.25) is 0 Å². The second-order valence-corrected chi connectivity index (χ2v) is 6.85. The molecule has 1 unspecified atom stereocenters. The fourth-order valence-corrected chi connectivity index (χ4v) is 3.24. The second-order valence-electron chi connectivity index (χ2n) is 6.85. The van der Waals surface area contributed by atoms with Crippen molar-refractivity contribution in [1.29, 1.82) is 0 Å². The number of carbonyl (C=O) groups is 1. The number of aryl methyl sites for hydroxylation is 1. The Hall–Kier alpha value is -2.84. The molecule has 1 aliphatic rings. The lowest BCUT2D eigenvalue weighted by Crippen LogP contribution is -2.44. The van der Waals surface area contributed by atoms with Gasteiger partial charge < -0.3 is 10.1 Å². The summed E-state index contributed by atoms with van der Waals surface area (Å²) in [5.41, 5.74) is 1.78. The summed E-state index contributed by atoms with van der Waals surface area (Å²) < 4.78 is 7.25. The van der Waals surface area contributed by atoms with E-state index >= 15 is 0 Å². The zero-order valence-corrected chi connectivity index (χ0v) is 15.4. The van der Waals surface area contributed by atoms with Crippen LogP contribution in [0.3, 0.4) is 0 Å². The van der Waals surface area contributed by atoms with Gasteiger partial charge in [0.2, 0.25) is 5.91 Å². The van der Waals surface area contributed by atoms with E-state index in [1.165, 1.54) is 0 Å². The minimum Gasteiger partial charge on any atom is -0.376 e. The molecular weight excluding hydrogens is 344 g/mol. The Morgan fingerprint density at radius 2 is 2.11 bits per heavy atom. The highest BCUT2D eigenvalue weighted by Crippen LogP contribution is 2.22. The lowest BCUT2D eigenvalue weighted by Gasteiger charge is -2.30. The Morgan fingerprint density at radius 3 is 2.89 bits per heavy atom. The van der Waals surface area contributed by atoms with Crippen molar-refractivity contribution in [3.63, 3.8) is 0 Å². The van der Waals surface area contributed by atoms with Crippen molar-refractivity contribution >= 4 is 22.5 Å². The van der Waals surface area contributed by atoms with E-state index in [1.807, 2.05) is 32.3 Å². The zero-order chi connectivity index (χ0) is 18.8. The van der Waals surface area contributed by atoms with Crippen molar-refractivity contribution in [2.75, 3.05) is 31.6 Å². The number of hydrogen-bond donors (Lipinski definition) is 1. The molecule has 1 fully saturated rings. The van der Waals surface area contributed by atoms with Gasteiger partial charge in [0.1, 0.15) is 5.82 Å². The van der Waals surface area contributed by atoms with E-state index in [4.69, 9.17) is 4.74 Å². The Bertz CT molecular complexity index is 970. The molecule has 1 aliphatic heterocycles. The van der Waals surface area contributed by atoms with Gasteiger partial charge in [-0.2, -0.15) is 5.10 Å². The minimum atomic E-state index is -0.0718. The van der Waals surface area contributed by atoms with Crippen LogP contribution in [0.5, 0.6) is 0 Å². The number of nitrogens with zero attached hydrogens (tertiary/aromatic N) is 5. The Labute approximate surface area is 157 Å². The lowest BCUT2D eigenvalue weighted by molar-refractivity contribution is -0.119.